The van der Waals surface area contributed by atoms with Crippen molar-refractivity contribution in [2.24, 2.45) is 5.73 Å². The summed E-state index contributed by atoms with van der Waals surface area (Å²) in [5.74, 6) is 0.801. The number of benzene rings is 1. The zero-order valence-electron chi connectivity index (χ0n) is 9.57. The number of rotatable bonds is 1. The number of nitrogens with one attached hydrogen (secondary N) is 2. The summed E-state index contributed by atoms with van der Waals surface area (Å²) in [5, 5.41) is 15.3. The second kappa shape index (κ2) is 4.27. The van der Waals surface area contributed by atoms with Gasteiger partial charge in [-0.25, -0.2) is 0 Å². The van der Waals surface area contributed by atoms with Crippen LogP contribution in [0.4, 0.5) is 5.82 Å². The Kier molecular flexibility index (Phi) is 2.73. The number of halogens is 1. The Labute approximate surface area is 118 Å². The van der Waals surface area contributed by atoms with Crippen LogP contribution >= 0.6 is 22.6 Å². The first-order chi connectivity index (χ1) is 8.68. The second-order valence-corrected chi connectivity index (χ2v) is 5.29. The van der Waals surface area contributed by atoms with Crippen molar-refractivity contribution in [3.05, 3.63) is 33.4 Å². The number of aromatic nitrogens is 2. The fraction of sp³-hybridized carbons (Fsp3) is 0.167. The van der Waals surface area contributed by atoms with E-state index in [-0.39, 0.29) is 5.96 Å². The van der Waals surface area contributed by atoms with Crippen molar-refractivity contribution >= 4 is 34.4 Å². The van der Waals surface area contributed by atoms with Crippen LogP contribution < -0.4 is 11.1 Å². The molecule has 1 aromatic carbocycles. The summed E-state index contributed by atoms with van der Waals surface area (Å²) in [7, 11) is 0. The average molecular weight is 353 g/mol. The maximum atomic E-state index is 7.57. The normalized spacial score (nSPS) is 13.2. The molecule has 0 saturated carbocycles. The molecule has 0 unspecified atom stereocenters. The minimum Gasteiger partial charge on any atom is -0.369 e. The van der Waals surface area contributed by atoms with Gasteiger partial charge in [0, 0.05) is 21.2 Å². The fourth-order valence-electron chi connectivity index (χ4n) is 2.22. The summed E-state index contributed by atoms with van der Waals surface area (Å²) < 4.78 is 2.62. The van der Waals surface area contributed by atoms with Crippen LogP contribution in [0.25, 0.3) is 11.3 Å². The van der Waals surface area contributed by atoms with E-state index in [1.165, 1.54) is 4.68 Å². The number of hydrogen-bond acceptors (Lipinski definition) is 3. The highest BCUT2D eigenvalue weighted by molar-refractivity contribution is 14.1. The lowest BCUT2D eigenvalue weighted by molar-refractivity contribution is 0.910. The van der Waals surface area contributed by atoms with Crippen LogP contribution in [0.2, 0.25) is 0 Å². The Morgan fingerprint density at radius 2 is 2.22 bits per heavy atom. The summed E-state index contributed by atoms with van der Waals surface area (Å²) in [5.41, 5.74) is 8.73. The molecule has 0 saturated heterocycles. The smallest absolute Gasteiger partial charge is 0.215 e. The van der Waals surface area contributed by atoms with Gasteiger partial charge in [-0.1, -0.05) is 18.2 Å². The Morgan fingerprint density at radius 3 is 2.94 bits per heavy atom. The molecule has 1 aliphatic heterocycles. The molecule has 0 amide bonds. The summed E-state index contributed by atoms with van der Waals surface area (Å²) in [6.07, 6.45) is 0.920. The number of nitrogen functional groups attached to an aromatic ring is 1. The quantitative estimate of drug-likeness (QED) is 0.416. The first-order valence-corrected chi connectivity index (χ1v) is 6.71. The van der Waals surface area contributed by atoms with E-state index >= 15 is 0 Å². The van der Waals surface area contributed by atoms with Crippen molar-refractivity contribution < 1.29 is 0 Å². The third kappa shape index (κ3) is 1.67. The molecule has 4 N–H and O–H groups in total. The molecular formula is C12H12IN5. The van der Waals surface area contributed by atoms with Crippen molar-refractivity contribution in [1.82, 2.24) is 9.78 Å². The average Bonchev–Trinajstić information content (AvgIpc) is 2.90. The Balaban J connectivity index is 2.23. The topological polar surface area (TPSA) is 79.7 Å². The summed E-state index contributed by atoms with van der Waals surface area (Å²) in [4.78, 5) is 0. The maximum Gasteiger partial charge on any atom is 0.215 e. The number of anilines is 1. The monoisotopic (exact) mass is 353 g/mol. The molecule has 18 heavy (non-hydrogen) atoms. The molecule has 0 radical (unpaired) electrons. The van der Waals surface area contributed by atoms with Gasteiger partial charge in [0.1, 0.15) is 5.82 Å². The lowest BCUT2D eigenvalue weighted by Crippen LogP contribution is -2.23. The minimum absolute atomic E-state index is 0.0576. The molecule has 2 heterocycles. The standard InChI is InChI=1S/C12H12IN5/c13-9-4-2-1-3-7(9)10-8-5-6-16-11(8)18(17-10)12(14)15/h1-4,16H,5-6H2,(H3,14,15). The van der Waals surface area contributed by atoms with Crippen molar-refractivity contribution in [2.75, 3.05) is 11.9 Å². The van der Waals surface area contributed by atoms with Crippen molar-refractivity contribution in [2.45, 2.75) is 6.42 Å². The zero-order valence-corrected chi connectivity index (χ0v) is 11.7. The molecule has 0 aliphatic carbocycles. The van der Waals surface area contributed by atoms with Crippen LogP contribution in [-0.2, 0) is 6.42 Å². The van der Waals surface area contributed by atoms with Gasteiger partial charge in [0.05, 0.1) is 5.69 Å². The first kappa shape index (κ1) is 11.5. The first-order valence-electron chi connectivity index (χ1n) is 5.63. The largest absolute Gasteiger partial charge is 0.369 e. The van der Waals surface area contributed by atoms with E-state index in [0.717, 1.165) is 39.2 Å². The number of nitrogens with two attached hydrogens (primary N) is 1. The zero-order chi connectivity index (χ0) is 12.7. The van der Waals surface area contributed by atoms with Gasteiger partial charge in [0.2, 0.25) is 5.96 Å². The molecule has 5 nitrogen and oxygen atoms in total. The van der Waals surface area contributed by atoms with Crippen LogP contribution in [0, 0.1) is 8.98 Å². The van der Waals surface area contributed by atoms with Gasteiger partial charge in [0.15, 0.2) is 0 Å². The van der Waals surface area contributed by atoms with E-state index < -0.39 is 0 Å². The van der Waals surface area contributed by atoms with Crippen molar-refractivity contribution in [3.63, 3.8) is 0 Å². The molecule has 1 aromatic heterocycles. The molecule has 0 bridgehead atoms. The van der Waals surface area contributed by atoms with Crippen LogP contribution in [0.3, 0.4) is 0 Å². The van der Waals surface area contributed by atoms with Gasteiger partial charge in [-0.3, -0.25) is 5.41 Å². The van der Waals surface area contributed by atoms with Gasteiger partial charge < -0.3 is 11.1 Å². The molecule has 1 aliphatic rings. The molecule has 0 atom stereocenters. The number of nitrogens with zero attached hydrogens (tertiary/aromatic N) is 2. The number of fused-ring (bicyclic) bond motifs is 1. The van der Waals surface area contributed by atoms with E-state index in [4.69, 9.17) is 11.1 Å². The molecule has 92 valence electrons. The fourth-order valence-corrected chi connectivity index (χ4v) is 2.86. The van der Waals surface area contributed by atoms with Crippen molar-refractivity contribution in [1.29, 1.82) is 5.41 Å². The lowest BCUT2D eigenvalue weighted by atomic mass is 10.1. The number of hydrogen-bond donors (Lipinski definition) is 3. The molecule has 6 heteroatoms. The molecular weight excluding hydrogens is 341 g/mol. The van der Waals surface area contributed by atoms with Gasteiger partial charge in [0.25, 0.3) is 0 Å². The molecule has 0 fully saturated rings. The van der Waals surface area contributed by atoms with Gasteiger partial charge in [-0.2, -0.15) is 9.78 Å². The van der Waals surface area contributed by atoms with E-state index in [0.29, 0.717) is 0 Å². The Morgan fingerprint density at radius 1 is 1.44 bits per heavy atom. The second-order valence-electron chi connectivity index (χ2n) is 4.13. The molecule has 2 aromatic rings. The van der Waals surface area contributed by atoms with Gasteiger partial charge >= 0.3 is 0 Å². The highest BCUT2D eigenvalue weighted by Gasteiger charge is 2.24. The maximum absolute atomic E-state index is 7.57. The van der Waals surface area contributed by atoms with Crippen LogP contribution in [0.1, 0.15) is 5.56 Å². The molecule has 0 spiro atoms. The van der Waals surface area contributed by atoms with Gasteiger partial charge in [-0.05, 0) is 35.1 Å². The van der Waals surface area contributed by atoms with E-state index in [9.17, 15) is 0 Å². The van der Waals surface area contributed by atoms with Crippen LogP contribution in [-0.4, -0.2) is 22.3 Å². The van der Waals surface area contributed by atoms with Crippen LogP contribution in [0.15, 0.2) is 24.3 Å². The Bertz CT molecular complexity index is 631. The predicted molar refractivity (Wildman–Crippen MR) is 79.9 cm³/mol. The van der Waals surface area contributed by atoms with E-state index in [1.54, 1.807) is 0 Å². The highest BCUT2D eigenvalue weighted by Crippen LogP contribution is 2.34. The third-order valence-electron chi connectivity index (χ3n) is 3.01. The summed E-state index contributed by atoms with van der Waals surface area (Å²) in [6, 6.07) is 8.11. The third-order valence-corrected chi connectivity index (χ3v) is 3.95. The highest BCUT2D eigenvalue weighted by atomic mass is 127. The summed E-state index contributed by atoms with van der Waals surface area (Å²) in [6.45, 7) is 0.872. The lowest BCUT2D eigenvalue weighted by Gasteiger charge is -2.03. The summed E-state index contributed by atoms with van der Waals surface area (Å²) >= 11 is 2.30. The van der Waals surface area contributed by atoms with E-state index in [2.05, 4.69) is 39.1 Å². The Hall–Kier alpha value is -1.57. The minimum atomic E-state index is -0.0576. The van der Waals surface area contributed by atoms with Crippen molar-refractivity contribution in [3.8, 4) is 11.3 Å². The predicted octanol–water partition coefficient (Wildman–Crippen LogP) is 1.86. The van der Waals surface area contributed by atoms with E-state index in [1.807, 2.05) is 18.2 Å². The SMILES string of the molecule is N=C(N)n1nc(-c2ccccc2I)c2c1NCC2. The molecule has 3 rings (SSSR count). The van der Waals surface area contributed by atoms with Crippen LogP contribution in [0.5, 0.6) is 0 Å². The van der Waals surface area contributed by atoms with Gasteiger partial charge in [-0.15, -0.1) is 0 Å².